The summed E-state index contributed by atoms with van der Waals surface area (Å²) in [5.74, 6) is 0.0946. The fraction of sp³-hybridized carbons (Fsp3) is 0.938. The third kappa shape index (κ3) is 4.74. The number of amides is 1. The van der Waals surface area contributed by atoms with Gasteiger partial charge >= 0.3 is 0 Å². The van der Waals surface area contributed by atoms with Gasteiger partial charge in [0.15, 0.2) is 0 Å². The van der Waals surface area contributed by atoms with Crippen LogP contribution >= 0.6 is 0 Å². The van der Waals surface area contributed by atoms with E-state index in [-0.39, 0.29) is 12.0 Å². The summed E-state index contributed by atoms with van der Waals surface area (Å²) in [6.45, 7) is 5.21. The highest BCUT2D eigenvalue weighted by atomic mass is 16.5. The molecule has 2 rings (SSSR count). The summed E-state index contributed by atoms with van der Waals surface area (Å²) >= 11 is 0. The maximum atomic E-state index is 12.4. The van der Waals surface area contributed by atoms with Crippen molar-refractivity contribution in [1.82, 2.24) is 10.6 Å². The van der Waals surface area contributed by atoms with Crippen LogP contribution in [0.25, 0.3) is 0 Å². The van der Waals surface area contributed by atoms with Crippen molar-refractivity contribution in [3.8, 4) is 0 Å². The van der Waals surface area contributed by atoms with E-state index in [0.717, 1.165) is 38.6 Å². The van der Waals surface area contributed by atoms with E-state index in [2.05, 4.69) is 17.6 Å². The number of nitrogens with one attached hydrogen (secondary N) is 2. The summed E-state index contributed by atoms with van der Waals surface area (Å²) in [4.78, 5) is 12.4. The van der Waals surface area contributed by atoms with Gasteiger partial charge in [-0.3, -0.25) is 4.79 Å². The van der Waals surface area contributed by atoms with Gasteiger partial charge in [0.1, 0.15) is 6.10 Å². The number of carbonyl (C=O) groups excluding carboxylic acids is 1. The summed E-state index contributed by atoms with van der Waals surface area (Å²) < 4.78 is 6.04. The number of hydrogen-bond acceptors (Lipinski definition) is 3. The Hall–Kier alpha value is -0.610. The van der Waals surface area contributed by atoms with Gasteiger partial charge in [-0.1, -0.05) is 26.2 Å². The summed E-state index contributed by atoms with van der Waals surface area (Å²) in [5, 5.41) is 6.60. The predicted octanol–water partition coefficient (Wildman–Crippen LogP) is 2.37. The quantitative estimate of drug-likeness (QED) is 0.814. The standard InChI is InChI=1S/C16H30N2O2/c1-3-15(20-14-7-5-4-6-8-14)16(19)18-13-9-10-17-12(2)11-13/h12-15,17H,3-11H2,1-2H3,(H,18,19). The molecule has 1 heterocycles. The van der Waals surface area contributed by atoms with Gasteiger partial charge in [-0.2, -0.15) is 0 Å². The minimum Gasteiger partial charge on any atom is -0.365 e. The summed E-state index contributed by atoms with van der Waals surface area (Å²) in [7, 11) is 0. The molecule has 3 unspecified atom stereocenters. The van der Waals surface area contributed by atoms with E-state index < -0.39 is 0 Å². The molecule has 1 saturated heterocycles. The molecule has 20 heavy (non-hydrogen) atoms. The second kappa shape index (κ2) is 7.99. The molecule has 1 saturated carbocycles. The predicted molar refractivity (Wildman–Crippen MR) is 80.7 cm³/mol. The van der Waals surface area contributed by atoms with Crippen molar-refractivity contribution in [3.05, 3.63) is 0 Å². The van der Waals surface area contributed by atoms with Crippen LogP contribution in [-0.4, -0.2) is 36.7 Å². The molecule has 1 aliphatic carbocycles. The number of ether oxygens (including phenoxy) is 1. The smallest absolute Gasteiger partial charge is 0.249 e. The van der Waals surface area contributed by atoms with Crippen molar-refractivity contribution >= 4 is 5.91 Å². The van der Waals surface area contributed by atoms with Crippen LogP contribution in [0.2, 0.25) is 0 Å². The number of piperidine rings is 1. The van der Waals surface area contributed by atoms with E-state index in [1.54, 1.807) is 0 Å². The lowest BCUT2D eigenvalue weighted by molar-refractivity contribution is -0.139. The normalized spacial score (nSPS) is 29.9. The molecule has 0 aromatic heterocycles. The topological polar surface area (TPSA) is 50.4 Å². The molecule has 2 N–H and O–H groups in total. The Kier molecular flexibility index (Phi) is 6.30. The Morgan fingerprint density at radius 3 is 2.70 bits per heavy atom. The summed E-state index contributed by atoms with van der Waals surface area (Å²) in [6.07, 6.45) is 8.89. The van der Waals surface area contributed by atoms with Gasteiger partial charge < -0.3 is 15.4 Å². The van der Waals surface area contributed by atoms with Crippen LogP contribution in [0.5, 0.6) is 0 Å². The molecule has 0 aromatic rings. The first-order chi connectivity index (χ1) is 9.69. The molecule has 116 valence electrons. The maximum Gasteiger partial charge on any atom is 0.249 e. The Bertz CT molecular complexity index is 303. The minimum absolute atomic E-state index is 0.0946. The first-order valence-electron chi connectivity index (χ1n) is 8.38. The van der Waals surface area contributed by atoms with Crippen molar-refractivity contribution in [3.63, 3.8) is 0 Å². The van der Waals surface area contributed by atoms with E-state index in [1.165, 1.54) is 19.3 Å². The van der Waals surface area contributed by atoms with Crippen LogP contribution < -0.4 is 10.6 Å². The second-order valence-electron chi connectivity index (χ2n) is 6.38. The van der Waals surface area contributed by atoms with Crippen LogP contribution in [0.4, 0.5) is 0 Å². The second-order valence-corrected chi connectivity index (χ2v) is 6.38. The molecular formula is C16H30N2O2. The van der Waals surface area contributed by atoms with E-state index >= 15 is 0 Å². The van der Waals surface area contributed by atoms with Crippen LogP contribution in [0.3, 0.4) is 0 Å². The van der Waals surface area contributed by atoms with E-state index in [1.807, 2.05) is 6.92 Å². The Labute approximate surface area is 123 Å². The molecule has 1 aliphatic heterocycles. The molecule has 1 amide bonds. The van der Waals surface area contributed by atoms with Crippen molar-refractivity contribution in [2.45, 2.75) is 89.5 Å². The average Bonchev–Trinajstić information content (AvgIpc) is 2.45. The monoisotopic (exact) mass is 282 g/mol. The number of carbonyl (C=O) groups is 1. The van der Waals surface area contributed by atoms with E-state index in [0.29, 0.717) is 18.2 Å². The maximum absolute atomic E-state index is 12.4. The van der Waals surface area contributed by atoms with Gasteiger partial charge in [-0.05, 0) is 45.6 Å². The first kappa shape index (κ1) is 15.8. The molecule has 4 nitrogen and oxygen atoms in total. The molecule has 0 radical (unpaired) electrons. The van der Waals surface area contributed by atoms with Crippen molar-refractivity contribution in [1.29, 1.82) is 0 Å². The molecule has 0 aromatic carbocycles. The highest BCUT2D eigenvalue weighted by Gasteiger charge is 2.26. The van der Waals surface area contributed by atoms with Crippen LogP contribution in [0, 0.1) is 0 Å². The largest absolute Gasteiger partial charge is 0.365 e. The zero-order valence-electron chi connectivity index (χ0n) is 13.0. The van der Waals surface area contributed by atoms with E-state index in [9.17, 15) is 4.79 Å². The summed E-state index contributed by atoms with van der Waals surface area (Å²) in [5.41, 5.74) is 0. The zero-order chi connectivity index (χ0) is 14.4. The van der Waals surface area contributed by atoms with Gasteiger partial charge in [0, 0.05) is 12.1 Å². The minimum atomic E-state index is -0.261. The first-order valence-corrected chi connectivity index (χ1v) is 8.38. The van der Waals surface area contributed by atoms with Crippen molar-refractivity contribution in [2.24, 2.45) is 0 Å². The van der Waals surface area contributed by atoms with Gasteiger partial charge in [0.05, 0.1) is 6.10 Å². The molecule has 0 spiro atoms. The Balaban J connectivity index is 1.78. The highest BCUT2D eigenvalue weighted by molar-refractivity contribution is 5.81. The van der Waals surface area contributed by atoms with Crippen molar-refractivity contribution < 1.29 is 9.53 Å². The van der Waals surface area contributed by atoms with Crippen molar-refractivity contribution in [2.75, 3.05) is 6.54 Å². The molecular weight excluding hydrogens is 252 g/mol. The SMILES string of the molecule is CCC(OC1CCCCC1)C(=O)NC1CCNC(C)C1. The Morgan fingerprint density at radius 2 is 2.05 bits per heavy atom. The lowest BCUT2D eigenvalue weighted by Gasteiger charge is -2.31. The fourth-order valence-corrected chi connectivity index (χ4v) is 3.33. The third-order valence-electron chi connectivity index (χ3n) is 4.54. The lowest BCUT2D eigenvalue weighted by Crippen LogP contribution is -2.50. The Morgan fingerprint density at radius 1 is 1.30 bits per heavy atom. The van der Waals surface area contributed by atoms with E-state index in [4.69, 9.17) is 4.74 Å². The molecule has 3 atom stereocenters. The third-order valence-corrected chi connectivity index (χ3v) is 4.54. The average molecular weight is 282 g/mol. The molecule has 2 fully saturated rings. The number of rotatable bonds is 5. The highest BCUT2D eigenvalue weighted by Crippen LogP contribution is 2.22. The van der Waals surface area contributed by atoms with Crippen LogP contribution in [0.1, 0.15) is 65.2 Å². The van der Waals surface area contributed by atoms with Crippen LogP contribution in [-0.2, 0) is 9.53 Å². The molecule has 4 heteroatoms. The zero-order valence-corrected chi connectivity index (χ0v) is 13.0. The molecule has 0 bridgehead atoms. The number of hydrogen-bond donors (Lipinski definition) is 2. The van der Waals surface area contributed by atoms with Gasteiger partial charge in [-0.25, -0.2) is 0 Å². The van der Waals surface area contributed by atoms with Gasteiger partial charge in [0.25, 0.3) is 0 Å². The van der Waals surface area contributed by atoms with Gasteiger partial charge in [0.2, 0.25) is 5.91 Å². The summed E-state index contributed by atoms with van der Waals surface area (Å²) in [6, 6.07) is 0.802. The van der Waals surface area contributed by atoms with Crippen LogP contribution in [0.15, 0.2) is 0 Å². The van der Waals surface area contributed by atoms with Gasteiger partial charge in [-0.15, -0.1) is 0 Å². The molecule has 2 aliphatic rings. The fourth-order valence-electron chi connectivity index (χ4n) is 3.33. The lowest BCUT2D eigenvalue weighted by atomic mass is 9.97.